The zero-order valence-corrected chi connectivity index (χ0v) is 25.0. The minimum atomic E-state index is -5.25. The van der Waals surface area contributed by atoms with Crippen LogP contribution in [0.1, 0.15) is 185 Å². The SMILES string of the molecule is [2H]C([2H])([2H])C([2H])([2H])C([2H])([2H])C([2H])([2H])C([2H])([2H])C([2H])([2H])C([2H])([2H])C([2H])([2H])C([2H])([2H])C([2H])([2H])C([2H])([2H])C([2H])([2H])C([2H])([2H])C([2H])([2H])C([2H])([2H])C(=O)OCC(=O)[C@@]1(O)[C@H](C)C[C@H]2[C@@H]3CCC4=CC(=O)C=C[C@]4(C)[C@@]3(F)[C@@H](O)C[C@@]21C. The van der Waals surface area contributed by atoms with Gasteiger partial charge in [-0.2, -0.15) is 0 Å². The average Bonchev–Trinajstić information content (AvgIpc) is 3.45. The standard InChI is InChI=1S/C38H59FO6/c1-5-6-7-8-9-10-11-12-13-14-15-16-17-18-34(43)45-26-33(42)38(44)27(2)23-31-30-20-19-28-24-29(40)21-22-35(28,3)37(30,39)32(41)25-36(31,38)4/h21-22,24,27,30-32,41,44H,5-20,23,25-26H2,1-4H3/t27-,30+,31+,32+,35+,36+,37+,38+/m1/s1/i1D3,5D2,6D2,7D2,8D2,9D2,10D2,11D2,12D2,13D2,14D2,15D2,16D2,17D2,18D2. The summed E-state index contributed by atoms with van der Waals surface area (Å²) in [5, 5.41) is 23.9. The number of fused-ring (bicyclic) bond motifs is 5. The molecule has 254 valence electrons. The van der Waals surface area contributed by atoms with Crippen molar-refractivity contribution in [2.24, 2.45) is 28.6 Å². The zero-order valence-electron chi connectivity index (χ0n) is 56.0. The molecule has 0 aromatic heterocycles. The smallest absolute Gasteiger partial charge is 0.306 e. The van der Waals surface area contributed by atoms with Gasteiger partial charge in [0.25, 0.3) is 0 Å². The van der Waals surface area contributed by atoms with Crippen LogP contribution in [0.2, 0.25) is 0 Å². The normalized spacial score (nSPS) is 52.0. The first kappa shape index (κ1) is 12.9. The van der Waals surface area contributed by atoms with Crippen LogP contribution in [0.15, 0.2) is 23.8 Å². The average molecular weight is 662 g/mol. The van der Waals surface area contributed by atoms with E-state index < -0.39 is 173 Å². The molecule has 3 saturated carbocycles. The monoisotopic (exact) mass is 662 g/mol. The molecule has 4 rings (SSSR count). The third kappa shape index (κ3) is 6.77. The number of alkyl halides is 1. The summed E-state index contributed by atoms with van der Waals surface area (Å²) in [7, 11) is 0. The molecule has 6 nitrogen and oxygen atoms in total. The van der Waals surface area contributed by atoms with E-state index in [0.29, 0.717) is 5.57 Å². The zero-order chi connectivity index (χ0) is 60.5. The highest BCUT2D eigenvalue weighted by molar-refractivity contribution is 6.01. The molecule has 7 heteroatoms. The second-order valence-electron chi connectivity index (χ2n) is 11.9. The second kappa shape index (κ2) is 14.9. The molecule has 45 heavy (non-hydrogen) atoms. The Kier molecular flexibility index (Phi) is 4.27. The molecule has 4 aliphatic rings. The summed E-state index contributed by atoms with van der Waals surface area (Å²) >= 11 is 0. The molecule has 0 bridgehead atoms. The van der Waals surface area contributed by atoms with Gasteiger partial charge in [-0.05, 0) is 63.0 Å². The van der Waals surface area contributed by atoms with Gasteiger partial charge in [-0.1, -0.05) is 109 Å². The van der Waals surface area contributed by atoms with Crippen LogP contribution in [-0.4, -0.2) is 51.7 Å². The number of halogens is 1. The first-order valence-corrected chi connectivity index (χ1v) is 14.3. The van der Waals surface area contributed by atoms with Gasteiger partial charge in [-0.3, -0.25) is 14.4 Å². The molecule has 0 aromatic carbocycles. The molecule has 0 unspecified atom stereocenters. The lowest BCUT2D eigenvalue weighted by atomic mass is 9.44. The Labute approximate surface area is 314 Å². The maximum atomic E-state index is 17.6. The van der Waals surface area contributed by atoms with Gasteiger partial charge in [0, 0.05) is 65.6 Å². The van der Waals surface area contributed by atoms with E-state index >= 15 is 4.39 Å². The maximum Gasteiger partial charge on any atom is 0.306 e. The van der Waals surface area contributed by atoms with Crippen molar-refractivity contribution in [1.29, 1.82) is 0 Å². The molecule has 0 aromatic rings. The van der Waals surface area contributed by atoms with Gasteiger partial charge < -0.3 is 14.9 Å². The molecule has 0 radical (unpaired) electrons. The lowest BCUT2D eigenvalue weighted by Gasteiger charge is -2.62. The topological polar surface area (TPSA) is 101 Å². The molecule has 0 aliphatic heterocycles. The van der Waals surface area contributed by atoms with Crippen LogP contribution in [0.25, 0.3) is 0 Å². The van der Waals surface area contributed by atoms with Gasteiger partial charge in [-0.25, -0.2) is 4.39 Å². The Morgan fingerprint density at radius 2 is 1.62 bits per heavy atom. The number of aliphatic hydroxyl groups is 2. The molecule has 2 N–H and O–H groups in total. The maximum absolute atomic E-state index is 17.6. The van der Waals surface area contributed by atoms with E-state index in [-0.39, 0.29) is 19.3 Å². The molecule has 0 saturated heterocycles. The van der Waals surface area contributed by atoms with Gasteiger partial charge in [0.05, 0.1) is 6.10 Å². The minimum Gasteiger partial charge on any atom is -0.458 e. The number of carbonyl (C=O) groups is 3. The second-order valence-corrected chi connectivity index (χ2v) is 11.9. The van der Waals surface area contributed by atoms with Gasteiger partial charge in [-0.15, -0.1) is 0 Å². The van der Waals surface area contributed by atoms with Crippen molar-refractivity contribution in [2.75, 3.05) is 6.61 Å². The first-order chi connectivity index (χ1) is 33.0. The first-order valence-electron chi connectivity index (χ1n) is 29.8. The Morgan fingerprint density at radius 3 is 2.24 bits per heavy atom. The fraction of sp³-hybridized carbons (Fsp3) is 0.816. The summed E-state index contributed by atoms with van der Waals surface area (Å²) in [6, 6.07) is 0. The van der Waals surface area contributed by atoms with Crippen molar-refractivity contribution in [3.05, 3.63) is 23.8 Å². The molecular weight excluding hydrogens is 571 g/mol. The largest absolute Gasteiger partial charge is 0.458 e. The Hall–Kier alpha value is -1.86. The number of ether oxygens (including phenoxy) is 1. The molecule has 8 atom stereocenters. The van der Waals surface area contributed by atoms with Crippen LogP contribution < -0.4 is 0 Å². The molecule has 0 spiro atoms. The minimum absolute atomic E-state index is 0.0517. The van der Waals surface area contributed by atoms with Crippen molar-refractivity contribution in [3.8, 4) is 0 Å². The van der Waals surface area contributed by atoms with E-state index in [9.17, 15) is 24.6 Å². The molecule has 3 fully saturated rings. The lowest BCUT2D eigenvalue weighted by Crippen LogP contribution is -2.69. The number of hydrogen-bond acceptors (Lipinski definition) is 6. The van der Waals surface area contributed by atoms with Crippen molar-refractivity contribution in [2.45, 2.75) is 160 Å². The Balaban J connectivity index is 1.67. The van der Waals surface area contributed by atoms with Crippen molar-refractivity contribution < 1.29 is 76.2 Å². The highest BCUT2D eigenvalue weighted by Gasteiger charge is 2.75. The Morgan fingerprint density at radius 1 is 1.02 bits per heavy atom. The van der Waals surface area contributed by atoms with E-state index in [2.05, 4.69) is 0 Å². The number of rotatable bonds is 17. The number of aliphatic hydroxyl groups excluding tert-OH is 1. The number of Topliss-reactive ketones (excluding diaryl/α,β-unsaturated/α-hetero) is 1. The van der Waals surface area contributed by atoms with Crippen LogP contribution in [0.3, 0.4) is 0 Å². The van der Waals surface area contributed by atoms with E-state index in [0.717, 1.165) is 6.08 Å². The van der Waals surface area contributed by atoms with Crippen LogP contribution in [-0.2, 0) is 19.1 Å². The van der Waals surface area contributed by atoms with Crippen LogP contribution in [0, 0.1) is 28.6 Å². The summed E-state index contributed by atoms with van der Waals surface area (Å²) in [5.74, 6) is -7.41. The molecule has 4 aliphatic carbocycles. The van der Waals surface area contributed by atoms with E-state index in [1.54, 1.807) is 0 Å². The third-order valence-corrected chi connectivity index (χ3v) is 9.90. The predicted octanol–water partition coefficient (Wildman–Crippen LogP) is 7.93. The quantitative estimate of drug-likeness (QED) is 0.154. The summed E-state index contributed by atoms with van der Waals surface area (Å²) in [4.78, 5) is 39.8. The lowest BCUT2D eigenvalue weighted by molar-refractivity contribution is -0.220. The van der Waals surface area contributed by atoms with Gasteiger partial charge in [0.15, 0.2) is 18.1 Å². The fourth-order valence-corrected chi connectivity index (χ4v) is 7.84. The summed E-state index contributed by atoms with van der Waals surface area (Å²) in [5.41, 5.74) is -7.83. The van der Waals surface area contributed by atoms with E-state index in [4.69, 9.17) is 47.2 Å². The number of ketones is 2. The van der Waals surface area contributed by atoms with Crippen LogP contribution >= 0.6 is 0 Å². The summed E-state index contributed by atoms with van der Waals surface area (Å²) in [6.07, 6.45) is -68.6. The summed E-state index contributed by atoms with van der Waals surface area (Å²) < 4.78 is 276. The molecular formula is C38H59FO6. The number of carbonyl (C=O) groups excluding carboxylic acids is 3. The van der Waals surface area contributed by atoms with Gasteiger partial charge >= 0.3 is 5.97 Å². The fourth-order valence-electron chi connectivity index (χ4n) is 7.84. The van der Waals surface area contributed by atoms with Gasteiger partial charge in [0.2, 0.25) is 5.78 Å². The Bertz CT molecular complexity index is 2410. The van der Waals surface area contributed by atoms with E-state index in [1.807, 2.05) is 0 Å². The van der Waals surface area contributed by atoms with Crippen molar-refractivity contribution >= 4 is 17.5 Å². The van der Waals surface area contributed by atoms with E-state index in [1.165, 1.54) is 32.9 Å². The van der Waals surface area contributed by atoms with Crippen molar-refractivity contribution in [3.63, 3.8) is 0 Å². The predicted molar refractivity (Wildman–Crippen MR) is 174 cm³/mol. The van der Waals surface area contributed by atoms with Gasteiger partial charge in [0.1, 0.15) is 5.60 Å². The molecule has 0 heterocycles. The summed E-state index contributed by atoms with van der Waals surface area (Å²) in [6.45, 7) is -1.58. The van der Waals surface area contributed by atoms with Crippen molar-refractivity contribution in [1.82, 2.24) is 0 Å². The third-order valence-electron chi connectivity index (χ3n) is 9.90. The number of allylic oxidation sites excluding steroid dienone is 4. The number of esters is 1. The highest BCUT2D eigenvalue weighted by Crippen LogP contribution is 2.70. The molecule has 0 amide bonds. The number of hydrogen-bond donors (Lipinski definition) is 2. The highest BCUT2D eigenvalue weighted by atomic mass is 19.1. The van der Waals surface area contributed by atoms with Crippen LogP contribution in [0.4, 0.5) is 4.39 Å². The van der Waals surface area contributed by atoms with Crippen LogP contribution in [0.5, 0.6) is 0 Å².